The van der Waals surface area contributed by atoms with Crippen LogP contribution in [-0.2, 0) is 19.6 Å². The van der Waals surface area contributed by atoms with Gasteiger partial charge in [0.05, 0.1) is 17.5 Å². The van der Waals surface area contributed by atoms with Gasteiger partial charge in [-0.05, 0) is 41.1 Å². The third-order valence-electron chi connectivity index (χ3n) is 2.51. The van der Waals surface area contributed by atoms with Crippen LogP contribution >= 0.6 is 15.9 Å². The first-order chi connectivity index (χ1) is 9.77. The summed E-state index contributed by atoms with van der Waals surface area (Å²) in [7, 11) is -2.45. The number of rotatable bonds is 7. The molecule has 0 radical (unpaired) electrons. The highest BCUT2D eigenvalue weighted by Crippen LogP contribution is 2.22. The molecule has 0 aliphatic rings. The number of nitrogens with one attached hydrogen (secondary N) is 2. The van der Waals surface area contributed by atoms with Gasteiger partial charge in [0, 0.05) is 18.1 Å². The maximum atomic E-state index is 13.0. The van der Waals surface area contributed by atoms with Crippen LogP contribution in [0, 0.1) is 5.82 Å². The van der Waals surface area contributed by atoms with E-state index in [1.54, 1.807) is 0 Å². The van der Waals surface area contributed by atoms with E-state index in [0.29, 0.717) is 6.61 Å². The van der Waals surface area contributed by atoms with Gasteiger partial charge in [0.2, 0.25) is 15.9 Å². The second-order valence-corrected chi connectivity index (χ2v) is 6.74. The molecular weight excluding hydrogens is 367 g/mol. The quantitative estimate of drug-likeness (QED) is 0.689. The Bertz CT molecular complexity index is 609. The molecule has 118 valence electrons. The average molecular weight is 383 g/mol. The molecule has 1 atom stereocenters. The Morgan fingerprint density at radius 2 is 2.14 bits per heavy atom. The highest BCUT2D eigenvalue weighted by molar-refractivity contribution is 9.10. The minimum absolute atomic E-state index is 0.0852. The van der Waals surface area contributed by atoms with Crippen LogP contribution in [0.1, 0.15) is 6.92 Å². The zero-order chi connectivity index (χ0) is 16.0. The number of benzene rings is 1. The van der Waals surface area contributed by atoms with E-state index in [1.165, 1.54) is 14.0 Å². The third-order valence-corrected chi connectivity index (χ3v) is 5.03. The van der Waals surface area contributed by atoms with Crippen LogP contribution in [0.3, 0.4) is 0 Å². The van der Waals surface area contributed by atoms with Crippen LogP contribution in [0.15, 0.2) is 27.6 Å². The smallest absolute Gasteiger partial charge is 0.242 e. The molecule has 6 nitrogen and oxygen atoms in total. The minimum Gasteiger partial charge on any atom is -0.383 e. The molecule has 1 aromatic carbocycles. The fourth-order valence-corrected chi connectivity index (χ4v) is 3.72. The van der Waals surface area contributed by atoms with Gasteiger partial charge in [-0.3, -0.25) is 4.79 Å². The van der Waals surface area contributed by atoms with Crippen LogP contribution < -0.4 is 10.0 Å². The second-order valence-electron chi connectivity index (χ2n) is 4.20. The van der Waals surface area contributed by atoms with Crippen LogP contribution in [-0.4, -0.2) is 40.6 Å². The van der Waals surface area contributed by atoms with Crippen molar-refractivity contribution in [3.8, 4) is 0 Å². The van der Waals surface area contributed by atoms with Crippen molar-refractivity contribution in [1.82, 2.24) is 10.0 Å². The number of amides is 1. The van der Waals surface area contributed by atoms with E-state index in [-0.39, 0.29) is 15.9 Å². The fraction of sp³-hybridized carbons (Fsp3) is 0.417. The molecule has 0 spiro atoms. The molecule has 0 aliphatic heterocycles. The lowest BCUT2D eigenvalue weighted by Gasteiger charge is -2.15. The fourth-order valence-electron chi connectivity index (χ4n) is 1.47. The van der Waals surface area contributed by atoms with Gasteiger partial charge in [0.1, 0.15) is 5.82 Å². The summed E-state index contributed by atoms with van der Waals surface area (Å²) in [6, 6.07) is 2.22. The summed E-state index contributed by atoms with van der Waals surface area (Å²) in [5.41, 5.74) is 0. The second kappa shape index (κ2) is 7.83. The van der Waals surface area contributed by atoms with Crippen LogP contribution in [0.25, 0.3) is 0 Å². The molecule has 0 aromatic heterocycles. The Morgan fingerprint density at radius 1 is 1.48 bits per heavy atom. The van der Waals surface area contributed by atoms with E-state index >= 15 is 0 Å². The Labute approximate surface area is 131 Å². The largest absolute Gasteiger partial charge is 0.383 e. The predicted molar refractivity (Wildman–Crippen MR) is 78.8 cm³/mol. The van der Waals surface area contributed by atoms with Gasteiger partial charge in [-0.2, -0.15) is 4.72 Å². The first-order valence-corrected chi connectivity index (χ1v) is 8.29. The average Bonchev–Trinajstić information content (AvgIpc) is 2.37. The van der Waals surface area contributed by atoms with E-state index in [0.717, 1.165) is 18.2 Å². The van der Waals surface area contributed by atoms with Crippen molar-refractivity contribution in [3.63, 3.8) is 0 Å². The van der Waals surface area contributed by atoms with Crippen molar-refractivity contribution in [2.75, 3.05) is 20.3 Å². The van der Waals surface area contributed by atoms with Crippen LogP contribution in [0.4, 0.5) is 4.39 Å². The summed E-state index contributed by atoms with van der Waals surface area (Å²) >= 11 is 2.98. The highest BCUT2D eigenvalue weighted by atomic mass is 79.9. The van der Waals surface area contributed by atoms with Crippen molar-refractivity contribution in [1.29, 1.82) is 0 Å². The number of halogens is 2. The van der Waals surface area contributed by atoms with Gasteiger partial charge in [0.15, 0.2) is 0 Å². The van der Waals surface area contributed by atoms with Crippen molar-refractivity contribution < 1.29 is 22.3 Å². The van der Waals surface area contributed by atoms with E-state index in [9.17, 15) is 17.6 Å². The van der Waals surface area contributed by atoms with Gasteiger partial charge in [-0.1, -0.05) is 0 Å². The Morgan fingerprint density at radius 3 is 2.71 bits per heavy atom. The maximum absolute atomic E-state index is 13.0. The lowest BCUT2D eigenvalue weighted by atomic mass is 10.3. The standard InChI is InChI=1S/C12H16BrFN2O4S/c1-8(12(17)15-5-6-20-2)16-21(18,19)11-4-3-9(14)7-10(11)13/h3-4,7-8,16H,5-6H2,1-2H3,(H,15,17). The topological polar surface area (TPSA) is 84.5 Å². The van der Waals surface area contributed by atoms with Gasteiger partial charge < -0.3 is 10.1 Å². The molecule has 0 saturated carbocycles. The number of sulfonamides is 1. The molecule has 1 aromatic rings. The molecule has 1 amide bonds. The number of hydrogen-bond acceptors (Lipinski definition) is 4. The van der Waals surface area contributed by atoms with Crippen molar-refractivity contribution in [2.24, 2.45) is 0 Å². The monoisotopic (exact) mass is 382 g/mol. The Kier molecular flexibility index (Phi) is 6.72. The van der Waals surface area contributed by atoms with Crippen molar-refractivity contribution in [3.05, 3.63) is 28.5 Å². The van der Waals surface area contributed by atoms with E-state index in [2.05, 4.69) is 26.0 Å². The summed E-state index contributed by atoms with van der Waals surface area (Å²) in [5.74, 6) is -1.04. The number of ether oxygens (including phenoxy) is 1. The number of hydrogen-bond donors (Lipinski definition) is 2. The molecular formula is C12H16BrFN2O4S. The molecule has 9 heteroatoms. The van der Waals surface area contributed by atoms with Crippen molar-refractivity contribution in [2.45, 2.75) is 17.9 Å². The number of methoxy groups -OCH3 is 1. The van der Waals surface area contributed by atoms with Gasteiger partial charge >= 0.3 is 0 Å². The van der Waals surface area contributed by atoms with Crippen LogP contribution in [0.2, 0.25) is 0 Å². The SMILES string of the molecule is COCCNC(=O)C(C)NS(=O)(=O)c1ccc(F)cc1Br. The predicted octanol–water partition coefficient (Wildman–Crippen LogP) is 1.02. The molecule has 0 heterocycles. The first kappa shape index (κ1) is 18.0. The minimum atomic E-state index is -3.94. The zero-order valence-corrected chi connectivity index (χ0v) is 13.9. The zero-order valence-electron chi connectivity index (χ0n) is 11.5. The summed E-state index contributed by atoms with van der Waals surface area (Å²) < 4.78 is 44.3. The lowest BCUT2D eigenvalue weighted by Crippen LogP contribution is -2.45. The van der Waals surface area contributed by atoms with E-state index in [4.69, 9.17) is 4.74 Å². The first-order valence-electron chi connectivity index (χ1n) is 6.02. The molecule has 1 unspecified atom stereocenters. The maximum Gasteiger partial charge on any atom is 0.242 e. The Hall–Kier alpha value is -1.03. The summed E-state index contributed by atoms with van der Waals surface area (Å²) in [5, 5.41) is 2.52. The summed E-state index contributed by atoms with van der Waals surface area (Å²) in [6.07, 6.45) is 0. The normalized spacial score (nSPS) is 13.0. The van der Waals surface area contributed by atoms with E-state index < -0.39 is 27.8 Å². The molecule has 21 heavy (non-hydrogen) atoms. The third kappa shape index (κ3) is 5.34. The number of carbonyl (C=O) groups excluding carboxylic acids is 1. The molecule has 0 bridgehead atoms. The summed E-state index contributed by atoms with van der Waals surface area (Å²) in [4.78, 5) is 11.6. The van der Waals surface area contributed by atoms with Crippen LogP contribution in [0.5, 0.6) is 0 Å². The number of carbonyl (C=O) groups is 1. The molecule has 0 saturated heterocycles. The highest BCUT2D eigenvalue weighted by Gasteiger charge is 2.23. The molecule has 2 N–H and O–H groups in total. The summed E-state index contributed by atoms with van der Waals surface area (Å²) in [6.45, 7) is 2.02. The Balaban J connectivity index is 2.78. The van der Waals surface area contributed by atoms with Gasteiger partial charge in [-0.15, -0.1) is 0 Å². The van der Waals surface area contributed by atoms with E-state index in [1.807, 2.05) is 0 Å². The molecule has 0 fully saturated rings. The lowest BCUT2D eigenvalue weighted by molar-refractivity contribution is -0.122. The van der Waals surface area contributed by atoms with Crippen molar-refractivity contribution >= 4 is 31.9 Å². The molecule has 1 rings (SSSR count). The molecule has 0 aliphatic carbocycles. The van der Waals surface area contributed by atoms with Gasteiger partial charge in [-0.25, -0.2) is 12.8 Å². The van der Waals surface area contributed by atoms with Gasteiger partial charge in [0.25, 0.3) is 0 Å².